The van der Waals surface area contributed by atoms with E-state index in [0.717, 1.165) is 38.3 Å². The topological polar surface area (TPSA) is 97.3 Å². The summed E-state index contributed by atoms with van der Waals surface area (Å²) in [6.07, 6.45) is 1.46. The van der Waals surface area contributed by atoms with Crippen molar-refractivity contribution >= 4 is 113 Å². The Hall–Kier alpha value is 1.83. The standard InChI is InChI=1S/C16H13F3I2O2.C10H11BrFIO.C7H6FIO.CH2O3.2K.H/c1-9-5-10(17)7-13(20)15(9)22-3-2-4-23-16-12(19)6-11(18)8-14(16)21;1-7-5-8(12)6-9(13)10(7)14-4-2-3-11;1-4-2-5(8)3-6(9)7(4)10;2-1-4-3;;;/h5-8H,2-4H2,1H3;5-6H,2-4H2,1H3;2-3,10H,1H3;1,3H;;;/q;;;;2*+1;-1/p-1. The summed E-state index contributed by atoms with van der Waals surface area (Å²) in [7, 11) is 0. The molecule has 0 radical (unpaired) electrons. The van der Waals surface area contributed by atoms with Gasteiger partial charge in [0, 0.05) is 17.8 Å². The van der Waals surface area contributed by atoms with Crippen LogP contribution in [0.2, 0.25) is 0 Å². The number of hydrogen-bond donors (Lipinski definition) is 1. The van der Waals surface area contributed by atoms with Crippen LogP contribution in [0.15, 0.2) is 48.5 Å². The van der Waals surface area contributed by atoms with Crippen molar-refractivity contribution in [2.75, 3.05) is 25.2 Å². The number of phenols is 1. The summed E-state index contributed by atoms with van der Waals surface area (Å²) < 4.78 is 84.2. The number of hydrogen-bond acceptors (Lipinski definition) is 7. The van der Waals surface area contributed by atoms with E-state index in [0.29, 0.717) is 41.7 Å². The maximum absolute atomic E-state index is 13.6. The van der Waals surface area contributed by atoms with Gasteiger partial charge in [-0.05, 0) is 177 Å². The quantitative estimate of drug-likeness (QED) is 0.0349. The van der Waals surface area contributed by atoms with Crippen molar-refractivity contribution in [3.63, 3.8) is 0 Å². The number of rotatable bonds is 11. The predicted molar refractivity (Wildman–Crippen MR) is 220 cm³/mol. The number of halogens is 10. The first-order valence-electron chi connectivity index (χ1n) is 14.4. The first kappa shape index (κ1) is 56.9. The molecule has 4 rings (SSSR count). The average molecular weight is 1310 g/mol. The van der Waals surface area contributed by atoms with E-state index >= 15 is 0 Å². The monoisotopic (exact) mass is 1310 g/mol. The minimum absolute atomic E-state index is 0. The fraction of sp³-hybridized carbons (Fsp3) is 0.265. The van der Waals surface area contributed by atoms with Crippen LogP contribution in [-0.4, -0.2) is 36.7 Å². The van der Waals surface area contributed by atoms with E-state index in [-0.39, 0.29) is 146 Å². The summed E-state index contributed by atoms with van der Waals surface area (Å²) in [5, 5.41) is 18.5. The second-order valence-electron chi connectivity index (χ2n) is 9.95. The van der Waals surface area contributed by atoms with Crippen LogP contribution in [0.1, 0.15) is 31.0 Å². The van der Waals surface area contributed by atoms with Gasteiger partial charge in [-0.25, -0.2) is 22.0 Å². The molecule has 0 aliphatic carbocycles. The van der Waals surface area contributed by atoms with E-state index in [1.807, 2.05) is 74.7 Å². The second-order valence-corrected chi connectivity index (χ2v) is 15.4. The Morgan fingerprint density at radius 3 is 1.34 bits per heavy atom. The molecule has 0 spiro atoms. The van der Waals surface area contributed by atoms with Gasteiger partial charge >= 0.3 is 103 Å². The number of carbonyl (C=O) groups excluding carboxylic acids is 1. The first-order valence-corrected chi connectivity index (χ1v) is 19.9. The summed E-state index contributed by atoms with van der Waals surface area (Å²) in [6.45, 7) is 6.35. The zero-order chi connectivity index (χ0) is 38.7. The number of phenolic OH excluding ortho intramolecular Hbond substituents is 1. The number of benzene rings is 4. The van der Waals surface area contributed by atoms with Crippen LogP contribution >= 0.6 is 106 Å². The Labute approximate surface area is 454 Å². The third-order valence-corrected chi connectivity index (χ3v) is 9.70. The van der Waals surface area contributed by atoms with Crippen molar-refractivity contribution < 1.29 is 160 Å². The van der Waals surface area contributed by atoms with Gasteiger partial charge in [-0.2, -0.15) is 0 Å². The number of aromatic hydroxyl groups is 1. The van der Waals surface area contributed by atoms with E-state index in [1.165, 1.54) is 42.5 Å². The molecule has 0 bridgehead atoms. The van der Waals surface area contributed by atoms with Crippen LogP contribution in [0.5, 0.6) is 23.0 Å². The van der Waals surface area contributed by atoms with E-state index in [2.05, 4.69) is 43.4 Å². The molecule has 4 aromatic carbocycles. The molecule has 0 saturated carbocycles. The van der Waals surface area contributed by atoms with Gasteiger partial charge in [-0.1, -0.05) is 15.9 Å². The zero-order valence-electron chi connectivity index (χ0n) is 30.1. The molecule has 0 unspecified atom stereocenters. The van der Waals surface area contributed by atoms with Crippen LogP contribution in [0.4, 0.5) is 22.0 Å². The molecule has 0 fully saturated rings. The number of alkyl halides is 1. The molecule has 7 nitrogen and oxygen atoms in total. The Morgan fingerprint density at radius 2 is 0.981 bits per heavy atom. The summed E-state index contributed by atoms with van der Waals surface area (Å²) in [5.41, 5.74) is 2.14. The van der Waals surface area contributed by atoms with Gasteiger partial charge in [0.05, 0.1) is 34.1 Å². The molecular formula is C34H32BrF5I4K2O7. The maximum atomic E-state index is 13.6. The minimum atomic E-state index is -0.723. The molecule has 4 aromatic rings. The Morgan fingerprint density at radius 1 is 0.642 bits per heavy atom. The van der Waals surface area contributed by atoms with Crippen LogP contribution in [-0.2, 0) is 9.68 Å². The van der Waals surface area contributed by atoms with Crippen molar-refractivity contribution in [2.24, 2.45) is 0 Å². The number of carbonyl (C=O) groups is 1. The molecule has 1 N–H and O–H groups in total. The van der Waals surface area contributed by atoms with Gasteiger partial charge in [0.1, 0.15) is 40.5 Å². The normalized spacial score (nSPS) is 9.62. The molecule has 0 atom stereocenters. The van der Waals surface area contributed by atoms with Crippen molar-refractivity contribution in [1.82, 2.24) is 0 Å². The van der Waals surface area contributed by atoms with Crippen molar-refractivity contribution in [3.8, 4) is 23.0 Å². The number of aryl methyl sites for hydroxylation is 3. The smallest absolute Gasteiger partial charge is 1.00 e. The molecule has 0 aliphatic rings. The Kier molecular flexibility index (Phi) is 34.1. The fourth-order valence-electron chi connectivity index (χ4n) is 3.74. The molecule has 19 heteroatoms. The molecule has 0 aromatic heterocycles. The van der Waals surface area contributed by atoms with Crippen LogP contribution in [0.25, 0.3) is 0 Å². The van der Waals surface area contributed by atoms with Gasteiger partial charge in [0.15, 0.2) is 11.6 Å². The Bertz CT molecular complexity index is 1590. The Balaban J connectivity index is -0.000000720. The third-order valence-electron chi connectivity index (χ3n) is 5.92. The largest absolute Gasteiger partial charge is 1.00 e. The summed E-state index contributed by atoms with van der Waals surface area (Å²) >= 11 is 11.1. The third kappa shape index (κ3) is 22.7. The molecule has 0 amide bonds. The van der Waals surface area contributed by atoms with Crippen molar-refractivity contribution in [3.05, 3.63) is 109 Å². The fourth-order valence-corrected chi connectivity index (χ4v) is 7.16. The van der Waals surface area contributed by atoms with Gasteiger partial charge in [-0.15, -0.1) is 0 Å². The molecule has 0 aliphatic heterocycles. The van der Waals surface area contributed by atoms with E-state index in [9.17, 15) is 22.0 Å². The molecule has 0 heterocycles. The molecular weight excluding hydrogens is 1280 g/mol. The van der Waals surface area contributed by atoms with Crippen LogP contribution in [0, 0.1) is 64.1 Å². The van der Waals surface area contributed by atoms with E-state index in [4.69, 9.17) is 29.4 Å². The van der Waals surface area contributed by atoms with Gasteiger partial charge in [0.2, 0.25) is 0 Å². The predicted octanol–water partition coefficient (Wildman–Crippen LogP) is 4.37. The maximum Gasteiger partial charge on any atom is 1.00 e. The van der Waals surface area contributed by atoms with E-state index < -0.39 is 11.6 Å². The zero-order valence-corrected chi connectivity index (χ0v) is 45.6. The summed E-state index contributed by atoms with van der Waals surface area (Å²) in [5.74, 6) is -0.532. The van der Waals surface area contributed by atoms with Gasteiger partial charge < -0.3 is 30.9 Å². The van der Waals surface area contributed by atoms with Crippen LogP contribution in [0.3, 0.4) is 0 Å². The van der Waals surface area contributed by atoms with Crippen LogP contribution < -0.4 is 122 Å². The summed E-state index contributed by atoms with van der Waals surface area (Å²) in [4.78, 5) is 11.2. The SMILES string of the molecule is Cc1cc(F)cc(I)c1O.Cc1cc(F)cc(I)c1OCCCBr.Cc1cc(F)cc(I)c1OCCCOc1c(F)cc(F)cc1I.O=CO[O-].[H-].[K+].[K+]. The van der Waals surface area contributed by atoms with Crippen molar-refractivity contribution in [2.45, 2.75) is 33.6 Å². The average Bonchev–Trinajstić information content (AvgIpc) is 3.03. The summed E-state index contributed by atoms with van der Waals surface area (Å²) in [6, 6.07) is 10.4. The van der Waals surface area contributed by atoms with Gasteiger partial charge in [-0.3, -0.25) is 4.79 Å². The minimum Gasteiger partial charge on any atom is -1.00 e. The van der Waals surface area contributed by atoms with E-state index in [1.54, 1.807) is 13.8 Å². The number of ether oxygens (including phenoxy) is 3. The molecule has 282 valence electrons. The first-order chi connectivity index (χ1) is 24.1. The van der Waals surface area contributed by atoms with Crippen molar-refractivity contribution in [1.29, 1.82) is 0 Å². The second kappa shape index (κ2) is 31.7. The van der Waals surface area contributed by atoms with Gasteiger partial charge in [0.25, 0.3) is 6.47 Å². The molecule has 53 heavy (non-hydrogen) atoms. The molecule has 0 saturated heterocycles.